The van der Waals surface area contributed by atoms with Crippen molar-refractivity contribution >= 4 is 28.6 Å². The molecule has 0 radical (unpaired) electrons. The number of hydrogen-bond donors (Lipinski definition) is 0. The number of alkyl halides is 2. The first-order valence-corrected chi connectivity index (χ1v) is 6.23. The van der Waals surface area contributed by atoms with Gasteiger partial charge in [0.25, 0.3) is 6.43 Å². The normalized spacial score (nSPS) is 10.2. The fourth-order valence-electron chi connectivity index (χ4n) is 1.43. The Balaban J connectivity index is 3.11. The van der Waals surface area contributed by atoms with Gasteiger partial charge in [-0.15, -0.1) is 0 Å². The molecule has 3 nitrogen and oxygen atoms in total. The molecule has 0 fully saturated rings. The number of hydrogen-bond acceptors (Lipinski definition) is 3. The van der Waals surface area contributed by atoms with Crippen molar-refractivity contribution in [1.29, 1.82) is 5.26 Å². The van der Waals surface area contributed by atoms with Crippen LogP contribution in [0.5, 0.6) is 0 Å². The average Bonchev–Trinajstić information content (AvgIpc) is 2.31. The second-order valence-corrected chi connectivity index (χ2v) is 4.52. The molecule has 0 aromatic heterocycles. The van der Waals surface area contributed by atoms with Gasteiger partial charge in [0.2, 0.25) is 0 Å². The van der Waals surface area contributed by atoms with E-state index in [1.807, 2.05) is 6.07 Å². The summed E-state index contributed by atoms with van der Waals surface area (Å²) in [5.41, 5.74) is 0.280. The van der Waals surface area contributed by atoms with E-state index in [2.05, 4.69) is 0 Å². The molecule has 1 aromatic rings. The third kappa shape index (κ3) is 3.63. The van der Waals surface area contributed by atoms with Crippen LogP contribution in [0.4, 0.5) is 8.78 Å². The molecule has 1 aromatic carbocycles. The highest BCUT2D eigenvalue weighted by Crippen LogP contribution is 2.28. The van der Waals surface area contributed by atoms with Crippen LogP contribution in [-0.2, 0) is 16.0 Å². The zero-order valence-corrected chi connectivity index (χ0v) is 11.7. The highest BCUT2D eigenvalue weighted by Gasteiger charge is 2.17. The average molecular weight is 365 g/mol. The van der Waals surface area contributed by atoms with Crippen LogP contribution in [0.25, 0.3) is 0 Å². The van der Waals surface area contributed by atoms with E-state index < -0.39 is 12.4 Å². The fourth-order valence-corrected chi connectivity index (χ4v) is 2.10. The SMILES string of the molecule is CCOC(=O)Cc1cc(C#N)c(I)c(C(F)F)c1. The molecule has 0 spiro atoms. The molecule has 0 saturated carbocycles. The molecule has 0 amide bonds. The summed E-state index contributed by atoms with van der Waals surface area (Å²) in [6, 6.07) is 4.52. The number of nitrogens with zero attached hydrogens (tertiary/aromatic N) is 1. The quantitative estimate of drug-likeness (QED) is 0.608. The highest BCUT2D eigenvalue weighted by atomic mass is 127. The van der Waals surface area contributed by atoms with Crippen LogP contribution in [0, 0.1) is 14.9 Å². The Labute approximate surface area is 117 Å². The molecule has 1 rings (SSSR count). The number of benzene rings is 1. The largest absolute Gasteiger partial charge is 0.466 e. The first-order valence-electron chi connectivity index (χ1n) is 5.15. The van der Waals surface area contributed by atoms with Gasteiger partial charge in [0.05, 0.1) is 18.6 Å². The van der Waals surface area contributed by atoms with Gasteiger partial charge < -0.3 is 4.74 Å². The third-order valence-electron chi connectivity index (χ3n) is 2.17. The van der Waals surface area contributed by atoms with Gasteiger partial charge in [-0.05, 0) is 47.2 Å². The third-order valence-corrected chi connectivity index (χ3v) is 3.37. The molecule has 0 bridgehead atoms. The standard InChI is InChI=1S/C12H10F2INO2/c1-2-18-10(17)5-7-3-8(6-16)11(15)9(4-7)12(13)14/h3-4,12H,2,5H2,1H3. The summed E-state index contributed by atoms with van der Waals surface area (Å²) in [4.78, 5) is 11.3. The number of carbonyl (C=O) groups is 1. The van der Waals surface area contributed by atoms with Gasteiger partial charge in [-0.25, -0.2) is 8.78 Å². The minimum Gasteiger partial charge on any atom is -0.466 e. The second kappa shape index (κ2) is 6.64. The van der Waals surface area contributed by atoms with Crippen LogP contribution in [0.1, 0.15) is 30.0 Å². The van der Waals surface area contributed by atoms with E-state index in [1.165, 1.54) is 12.1 Å². The summed E-state index contributed by atoms with van der Waals surface area (Å²) < 4.78 is 30.5. The predicted molar refractivity (Wildman–Crippen MR) is 69.2 cm³/mol. The molecule has 0 atom stereocenters. The first-order chi connectivity index (χ1) is 8.49. The van der Waals surface area contributed by atoms with E-state index in [-0.39, 0.29) is 27.7 Å². The van der Waals surface area contributed by atoms with E-state index in [9.17, 15) is 13.6 Å². The topological polar surface area (TPSA) is 50.1 Å². The number of carbonyl (C=O) groups excluding carboxylic acids is 1. The second-order valence-electron chi connectivity index (χ2n) is 3.44. The lowest BCUT2D eigenvalue weighted by molar-refractivity contribution is -0.142. The number of esters is 1. The lowest BCUT2D eigenvalue weighted by atomic mass is 10.0. The van der Waals surface area contributed by atoms with Crippen LogP contribution in [-0.4, -0.2) is 12.6 Å². The van der Waals surface area contributed by atoms with E-state index in [0.717, 1.165) is 0 Å². The Morgan fingerprint density at radius 2 is 2.22 bits per heavy atom. The lowest BCUT2D eigenvalue weighted by Gasteiger charge is -2.09. The van der Waals surface area contributed by atoms with Crippen molar-refractivity contribution in [1.82, 2.24) is 0 Å². The summed E-state index contributed by atoms with van der Waals surface area (Å²) in [7, 11) is 0. The molecular formula is C12H10F2INO2. The Kier molecular flexibility index (Phi) is 5.47. The maximum Gasteiger partial charge on any atom is 0.310 e. The Bertz CT molecular complexity index is 498. The molecule has 0 unspecified atom stereocenters. The van der Waals surface area contributed by atoms with Crippen LogP contribution in [0.15, 0.2) is 12.1 Å². The van der Waals surface area contributed by atoms with E-state index in [1.54, 1.807) is 29.5 Å². The fraction of sp³-hybridized carbons (Fsp3) is 0.333. The van der Waals surface area contributed by atoms with Crippen molar-refractivity contribution in [2.24, 2.45) is 0 Å². The molecule has 0 saturated heterocycles. The van der Waals surface area contributed by atoms with Crippen molar-refractivity contribution < 1.29 is 18.3 Å². The Morgan fingerprint density at radius 1 is 1.56 bits per heavy atom. The molecule has 18 heavy (non-hydrogen) atoms. The molecule has 0 aliphatic rings. The van der Waals surface area contributed by atoms with Crippen molar-refractivity contribution in [3.63, 3.8) is 0 Å². The predicted octanol–water partition coefficient (Wildman–Crippen LogP) is 3.21. The van der Waals surface area contributed by atoms with E-state index >= 15 is 0 Å². The van der Waals surface area contributed by atoms with Gasteiger partial charge >= 0.3 is 5.97 Å². The molecular weight excluding hydrogens is 355 g/mol. The van der Waals surface area contributed by atoms with Crippen LogP contribution < -0.4 is 0 Å². The maximum atomic E-state index is 12.8. The zero-order valence-electron chi connectivity index (χ0n) is 9.54. The van der Waals surface area contributed by atoms with Crippen molar-refractivity contribution in [3.05, 3.63) is 32.4 Å². The molecule has 0 aliphatic carbocycles. The van der Waals surface area contributed by atoms with Gasteiger partial charge in [0, 0.05) is 9.13 Å². The van der Waals surface area contributed by atoms with Crippen molar-refractivity contribution in [3.8, 4) is 6.07 Å². The smallest absolute Gasteiger partial charge is 0.310 e. The summed E-state index contributed by atoms with van der Waals surface area (Å²) in [6.07, 6.45) is -2.79. The van der Waals surface area contributed by atoms with Gasteiger partial charge in [-0.3, -0.25) is 4.79 Å². The monoisotopic (exact) mass is 365 g/mol. The van der Waals surface area contributed by atoms with Crippen molar-refractivity contribution in [2.45, 2.75) is 19.8 Å². The molecule has 0 N–H and O–H groups in total. The van der Waals surface area contributed by atoms with Crippen LogP contribution >= 0.6 is 22.6 Å². The van der Waals surface area contributed by atoms with Gasteiger partial charge in [-0.1, -0.05) is 0 Å². The zero-order chi connectivity index (χ0) is 13.7. The molecule has 0 heterocycles. The minimum absolute atomic E-state index is 0.112. The number of ether oxygens (including phenoxy) is 1. The maximum absolute atomic E-state index is 12.8. The Morgan fingerprint density at radius 3 is 2.72 bits per heavy atom. The lowest BCUT2D eigenvalue weighted by Crippen LogP contribution is -2.08. The van der Waals surface area contributed by atoms with Crippen LogP contribution in [0.3, 0.4) is 0 Å². The number of nitriles is 1. The number of rotatable bonds is 4. The van der Waals surface area contributed by atoms with Gasteiger partial charge in [0.15, 0.2) is 0 Å². The first kappa shape index (κ1) is 14.8. The summed E-state index contributed by atoms with van der Waals surface area (Å²) in [6.45, 7) is 1.90. The molecule has 96 valence electrons. The minimum atomic E-state index is -2.67. The van der Waals surface area contributed by atoms with Gasteiger partial charge in [-0.2, -0.15) is 5.26 Å². The highest BCUT2D eigenvalue weighted by molar-refractivity contribution is 14.1. The van der Waals surface area contributed by atoms with Gasteiger partial charge in [0.1, 0.15) is 6.07 Å². The number of halogens is 3. The van der Waals surface area contributed by atoms with E-state index in [4.69, 9.17) is 10.00 Å². The van der Waals surface area contributed by atoms with E-state index in [0.29, 0.717) is 5.56 Å². The summed E-state index contributed by atoms with van der Waals surface area (Å²) in [5, 5.41) is 8.87. The molecule has 6 heteroatoms. The Hall–Kier alpha value is -1.23. The summed E-state index contributed by atoms with van der Waals surface area (Å²) in [5.74, 6) is -0.497. The van der Waals surface area contributed by atoms with Crippen LogP contribution in [0.2, 0.25) is 0 Å². The van der Waals surface area contributed by atoms with Crippen molar-refractivity contribution in [2.75, 3.05) is 6.61 Å². The summed E-state index contributed by atoms with van der Waals surface area (Å²) >= 11 is 1.70. The molecule has 0 aliphatic heterocycles.